The first-order chi connectivity index (χ1) is 16.4. The van der Waals surface area contributed by atoms with E-state index in [0.717, 1.165) is 5.39 Å². The Morgan fingerprint density at radius 2 is 1.91 bits per heavy atom. The van der Waals surface area contributed by atoms with Crippen LogP contribution in [0.15, 0.2) is 30.5 Å². The molecule has 1 fully saturated rings. The van der Waals surface area contributed by atoms with Crippen LogP contribution in [0, 0.1) is 5.92 Å². The lowest BCUT2D eigenvalue weighted by Gasteiger charge is -2.30. The van der Waals surface area contributed by atoms with Crippen molar-refractivity contribution in [1.82, 2.24) is 15.2 Å². The molecule has 0 saturated carbocycles. The Bertz CT molecular complexity index is 1100. The molecule has 2 heterocycles. The summed E-state index contributed by atoms with van der Waals surface area (Å²) in [6, 6.07) is 5.44. The van der Waals surface area contributed by atoms with Crippen molar-refractivity contribution in [2.45, 2.75) is 64.8 Å². The van der Waals surface area contributed by atoms with Gasteiger partial charge in [-0.25, -0.2) is 4.79 Å². The summed E-state index contributed by atoms with van der Waals surface area (Å²) in [5.74, 6) is -0.0421. The van der Waals surface area contributed by atoms with Crippen molar-refractivity contribution in [3.8, 4) is 11.5 Å². The van der Waals surface area contributed by atoms with Gasteiger partial charge >= 0.3 is 6.09 Å². The standard InChI is InChI=1S/C25H34N4O6/c1-14(2)21(28-24(32)35-25(3,4)5)23(31)29-13-16(12-19(29)22(26)30)34-20-9-10-27-18-11-15(33-6)7-8-17(18)20/h7-11,14,16,19,21H,12-13H2,1-6H3,(H2,26,30)(H,28,32)/t16-,19+,21+/m1/s1. The SMILES string of the molecule is COc1ccc2c(O[C@@H]3C[C@@H](C(N)=O)N(C(=O)[C@@H](NC(=O)OC(C)(C)C)C(C)C)C3)ccnc2c1. The lowest BCUT2D eigenvalue weighted by Crippen LogP contribution is -2.55. The molecule has 190 valence electrons. The van der Waals surface area contributed by atoms with E-state index in [-0.39, 0.29) is 18.9 Å². The van der Waals surface area contributed by atoms with Crippen LogP contribution < -0.4 is 20.5 Å². The van der Waals surface area contributed by atoms with Crippen LogP contribution in [0.4, 0.5) is 4.79 Å². The highest BCUT2D eigenvalue weighted by Crippen LogP contribution is 2.31. The Balaban J connectivity index is 1.79. The van der Waals surface area contributed by atoms with Gasteiger partial charge in [-0.05, 0) is 44.9 Å². The zero-order valence-corrected chi connectivity index (χ0v) is 21.0. The van der Waals surface area contributed by atoms with Gasteiger partial charge in [0.25, 0.3) is 0 Å². The van der Waals surface area contributed by atoms with Gasteiger partial charge in [0.15, 0.2) is 0 Å². The Hall–Kier alpha value is -3.56. The Kier molecular flexibility index (Phi) is 7.72. The molecule has 10 nitrogen and oxygen atoms in total. The number of benzene rings is 1. The number of pyridine rings is 1. The first-order valence-corrected chi connectivity index (χ1v) is 11.6. The summed E-state index contributed by atoms with van der Waals surface area (Å²) in [6.07, 6.45) is 0.683. The quantitative estimate of drug-likeness (QED) is 0.615. The van der Waals surface area contributed by atoms with Gasteiger partial charge in [-0.2, -0.15) is 0 Å². The summed E-state index contributed by atoms with van der Waals surface area (Å²) >= 11 is 0. The molecular weight excluding hydrogens is 452 g/mol. The zero-order chi connectivity index (χ0) is 25.9. The summed E-state index contributed by atoms with van der Waals surface area (Å²) in [5.41, 5.74) is 5.62. The number of fused-ring (bicyclic) bond motifs is 1. The number of primary amides is 1. The fraction of sp³-hybridized carbons (Fsp3) is 0.520. The molecule has 1 aliphatic rings. The van der Waals surface area contributed by atoms with Gasteiger partial charge in [0, 0.05) is 24.1 Å². The highest BCUT2D eigenvalue weighted by molar-refractivity contribution is 5.91. The molecule has 1 saturated heterocycles. The number of aromatic nitrogens is 1. The minimum atomic E-state index is -0.889. The monoisotopic (exact) mass is 486 g/mol. The molecule has 1 aromatic heterocycles. The molecule has 3 N–H and O–H groups in total. The van der Waals surface area contributed by atoms with E-state index < -0.39 is 41.7 Å². The summed E-state index contributed by atoms with van der Waals surface area (Å²) in [7, 11) is 1.58. The number of carbonyl (C=O) groups is 3. The second kappa shape index (κ2) is 10.4. The van der Waals surface area contributed by atoms with Crippen LogP contribution in [-0.4, -0.2) is 65.2 Å². The lowest BCUT2D eigenvalue weighted by molar-refractivity contribution is -0.140. The number of hydrogen-bond acceptors (Lipinski definition) is 7. The van der Waals surface area contributed by atoms with Gasteiger partial charge in [0.1, 0.15) is 35.3 Å². The molecule has 1 aliphatic heterocycles. The van der Waals surface area contributed by atoms with E-state index in [9.17, 15) is 14.4 Å². The van der Waals surface area contributed by atoms with Gasteiger partial charge in [-0.15, -0.1) is 0 Å². The number of hydrogen-bond donors (Lipinski definition) is 2. The third kappa shape index (κ3) is 6.32. The molecule has 3 amide bonds. The molecular formula is C25H34N4O6. The average Bonchev–Trinajstić information content (AvgIpc) is 3.19. The average molecular weight is 487 g/mol. The maximum Gasteiger partial charge on any atom is 0.408 e. The van der Waals surface area contributed by atoms with Crippen molar-refractivity contribution in [1.29, 1.82) is 0 Å². The van der Waals surface area contributed by atoms with Crippen LogP contribution in [0.25, 0.3) is 10.9 Å². The molecule has 0 unspecified atom stereocenters. The van der Waals surface area contributed by atoms with Gasteiger partial charge < -0.3 is 30.2 Å². The van der Waals surface area contributed by atoms with E-state index in [1.807, 2.05) is 12.1 Å². The highest BCUT2D eigenvalue weighted by atomic mass is 16.6. The molecule has 3 atom stereocenters. The van der Waals surface area contributed by atoms with E-state index in [4.69, 9.17) is 19.9 Å². The number of nitrogens with two attached hydrogens (primary N) is 1. The van der Waals surface area contributed by atoms with Crippen LogP contribution >= 0.6 is 0 Å². The molecule has 0 spiro atoms. The minimum absolute atomic E-state index is 0.144. The number of alkyl carbamates (subject to hydrolysis) is 1. The van der Waals surface area contributed by atoms with Crippen molar-refractivity contribution in [2.24, 2.45) is 11.7 Å². The van der Waals surface area contributed by atoms with Gasteiger partial charge in [-0.1, -0.05) is 13.8 Å². The normalized spacial score (nSPS) is 18.9. The topological polar surface area (TPSA) is 133 Å². The fourth-order valence-corrected chi connectivity index (χ4v) is 4.03. The molecule has 0 radical (unpaired) electrons. The number of nitrogens with zero attached hydrogens (tertiary/aromatic N) is 2. The number of methoxy groups -OCH3 is 1. The molecule has 2 aromatic rings. The Labute approximate surface area is 205 Å². The van der Waals surface area contributed by atoms with Crippen LogP contribution in [0.5, 0.6) is 11.5 Å². The third-order valence-electron chi connectivity index (χ3n) is 5.68. The molecule has 0 aliphatic carbocycles. The largest absolute Gasteiger partial charge is 0.497 e. The maximum atomic E-state index is 13.5. The Morgan fingerprint density at radius 1 is 1.20 bits per heavy atom. The van der Waals surface area contributed by atoms with E-state index in [0.29, 0.717) is 17.0 Å². The van der Waals surface area contributed by atoms with Gasteiger partial charge in [0.2, 0.25) is 11.8 Å². The summed E-state index contributed by atoms with van der Waals surface area (Å²) in [4.78, 5) is 43.8. The van der Waals surface area contributed by atoms with Crippen LogP contribution in [0.1, 0.15) is 41.0 Å². The van der Waals surface area contributed by atoms with E-state index in [2.05, 4.69) is 10.3 Å². The predicted octanol–water partition coefficient (Wildman–Crippen LogP) is 2.63. The number of rotatable bonds is 7. The van der Waals surface area contributed by atoms with Gasteiger partial charge in [0.05, 0.1) is 19.2 Å². The highest BCUT2D eigenvalue weighted by Gasteiger charge is 2.43. The smallest absolute Gasteiger partial charge is 0.408 e. The first kappa shape index (κ1) is 26.1. The maximum absolute atomic E-state index is 13.5. The lowest BCUT2D eigenvalue weighted by atomic mass is 10.0. The summed E-state index contributed by atoms with van der Waals surface area (Å²) < 4.78 is 16.8. The van der Waals surface area contributed by atoms with E-state index in [1.54, 1.807) is 60.1 Å². The number of amides is 3. The van der Waals surface area contributed by atoms with Crippen LogP contribution in [0.2, 0.25) is 0 Å². The van der Waals surface area contributed by atoms with Crippen molar-refractivity contribution in [3.05, 3.63) is 30.5 Å². The second-order valence-electron chi connectivity index (χ2n) is 9.94. The molecule has 3 rings (SSSR count). The molecule has 10 heteroatoms. The van der Waals surface area contributed by atoms with Crippen molar-refractivity contribution < 1.29 is 28.6 Å². The van der Waals surface area contributed by atoms with Crippen LogP contribution in [-0.2, 0) is 14.3 Å². The molecule has 0 bridgehead atoms. The Morgan fingerprint density at radius 3 is 2.51 bits per heavy atom. The number of ether oxygens (including phenoxy) is 3. The number of carbonyl (C=O) groups excluding carboxylic acids is 3. The first-order valence-electron chi connectivity index (χ1n) is 11.6. The number of likely N-dealkylation sites (tertiary alicyclic amines) is 1. The third-order valence-corrected chi connectivity index (χ3v) is 5.68. The van der Waals surface area contributed by atoms with Crippen molar-refractivity contribution in [2.75, 3.05) is 13.7 Å². The molecule has 1 aromatic carbocycles. The molecule has 35 heavy (non-hydrogen) atoms. The number of nitrogens with one attached hydrogen (secondary N) is 1. The van der Waals surface area contributed by atoms with Crippen molar-refractivity contribution >= 4 is 28.8 Å². The van der Waals surface area contributed by atoms with E-state index in [1.165, 1.54) is 4.90 Å². The van der Waals surface area contributed by atoms with E-state index >= 15 is 0 Å². The summed E-state index contributed by atoms with van der Waals surface area (Å²) in [6.45, 7) is 8.97. The zero-order valence-electron chi connectivity index (χ0n) is 21.0. The fourth-order valence-electron chi connectivity index (χ4n) is 4.03. The minimum Gasteiger partial charge on any atom is -0.497 e. The van der Waals surface area contributed by atoms with Crippen molar-refractivity contribution in [3.63, 3.8) is 0 Å². The van der Waals surface area contributed by atoms with Crippen LogP contribution in [0.3, 0.4) is 0 Å². The van der Waals surface area contributed by atoms with Gasteiger partial charge in [-0.3, -0.25) is 14.6 Å². The second-order valence-corrected chi connectivity index (χ2v) is 9.94. The predicted molar refractivity (Wildman–Crippen MR) is 130 cm³/mol. The summed E-state index contributed by atoms with van der Waals surface area (Å²) in [5, 5.41) is 3.42.